The van der Waals surface area contributed by atoms with Gasteiger partial charge >= 0.3 is 0 Å². The molecular weight excluding hydrogens is 168 g/mol. The molecule has 0 N–H and O–H groups in total. The Labute approximate surface area is 83.1 Å². The fraction of sp³-hybridized carbons (Fsp3) is 0. The van der Waals surface area contributed by atoms with E-state index in [0.717, 1.165) is 10.4 Å². The maximum Gasteiger partial charge on any atom is -0.0117 e. The SMILES string of the molecule is C=c1ccc(=c2ccccc2=C)cc1. The van der Waals surface area contributed by atoms with Crippen molar-refractivity contribution in [3.63, 3.8) is 0 Å². The summed E-state index contributed by atoms with van der Waals surface area (Å²) >= 11 is 0. The third-order valence-electron chi connectivity index (χ3n) is 2.28. The molecule has 2 rings (SSSR count). The first-order valence-electron chi connectivity index (χ1n) is 4.61. The Balaban J connectivity index is 2.98. The summed E-state index contributed by atoms with van der Waals surface area (Å²) in [5.74, 6) is 0. The van der Waals surface area contributed by atoms with Crippen molar-refractivity contribution in [1.29, 1.82) is 0 Å². The summed E-state index contributed by atoms with van der Waals surface area (Å²) in [5, 5.41) is 4.48. The van der Waals surface area contributed by atoms with E-state index in [1.807, 2.05) is 30.3 Å². The predicted molar refractivity (Wildman–Crippen MR) is 60.9 cm³/mol. The second-order valence-electron chi connectivity index (χ2n) is 3.35. The normalized spacial score (nSPS) is 10.0. The second kappa shape index (κ2) is 3.51. The van der Waals surface area contributed by atoms with Gasteiger partial charge in [-0.1, -0.05) is 61.7 Å². The van der Waals surface area contributed by atoms with E-state index in [0.29, 0.717) is 0 Å². The highest BCUT2D eigenvalue weighted by molar-refractivity contribution is 5.20. The van der Waals surface area contributed by atoms with Gasteiger partial charge in [0.05, 0.1) is 0 Å². The lowest BCUT2D eigenvalue weighted by atomic mass is 10.2. The topological polar surface area (TPSA) is 0 Å². The zero-order valence-electron chi connectivity index (χ0n) is 8.03. The van der Waals surface area contributed by atoms with E-state index in [-0.39, 0.29) is 0 Å². The summed E-state index contributed by atoms with van der Waals surface area (Å²) in [6, 6.07) is 16.3. The van der Waals surface area contributed by atoms with Crippen LogP contribution in [0.15, 0.2) is 48.5 Å². The third-order valence-corrected chi connectivity index (χ3v) is 2.28. The molecule has 0 radical (unpaired) electrons. The van der Waals surface area contributed by atoms with E-state index in [9.17, 15) is 0 Å². The molecule has 0 heterocycles. The van der Waals surface area contributed by atoms with Gasteiger partial charge < -0.3 is 0 Å². The molecule has 2 aromatic carbocycles. The van der Waals surface area contributed by atoms with Crippen LogP contribution in [0.25, 0.3) is 13.2 Å². The van der Waals surface area contributed by atoms with Gasteiger partial charge in [-0.3, -0.25) is 0 Å². The standard InChI is InChI=1S/C14H12/c1-11-7-9-13(10-8-11)14-6-4-3-5-12(14)2/h3-10H,1-2H2. The van der Waals surface area contributed by atoms with Gasteiger partial charge in [0, 0.05) is 0 Å². The second-order valence-corrected chi connectivity index (χ2v) is 3.35. The van der Waals surface area contributed by atoms with E-state index in [1.54, 1.807) is 0 Å². The number of hydrogen-bond donors (Lipinski definition) is 0. The van der Waals surface area contributed by atoms with Gasteiger partial charge in [-0.05, 0) is 20.9 Å². The average molecular weight is 180 g/mol. The van der Waals surface area contributed by atoms with Crippen LogP contribution in [-0.2, 0) is 0 Å². The van der Waals surface area contributed by atoms with Gasteiger partial charge in [0.1, 0.15) is 0 Å². The molecule has 0 heteroatoms. The lowest BCUT2D eigenvalue weighted by molar-refractivity contribution is 1.43. The zero-order valence-corrected chi connectivity index (χ0v) is 8.03. The first-order chi connectivity index (χ1) is 6.77. The van der Waals surface area contributed by atoms with Gasteiger partial charge in [-0.15, -0.1) is 0 Å². The highest BCUT2D eigenvalue weighted by Gasteiger charge is 1.83. The Hall–Kier alpha value is -1.82. The van der Waals surface area contributed by atoms with Crippen LogP contribution in [0.2, 0.25) is 0 Å². The van der Waals surface area contributed by atoms with E-state index in [4.69, 9.17) is 0 Å². The van der Waals surface area contributed by atoms with Crippen LogP contribution >= 0.6 is 0 Å². The first kappa shape index (κ1) is 8.76. The molecule has 0 bridgehead atoms. The van der Waals surface area contributed by atoms with Crippen molar-refractivity contribution in [2.45, 2.75) is 0 Å². The van der Waals surface area contributed by atoms with Gasteiger partial charge in [0.2, 0.25) is 0 Å². The van der Waals surface area contributed by atoms with Crippen molar-refractivity contribution >= 4 is 13.2 Å². The minimum atomic E-state index is 1.04. The van der Waals surface area contributed by atoms with E-state index >= 15 is 0 Å². The molecule has 0 aliphatic rings. The summed E-state index contributed by atoms with van der Waals surface area (Å²) in [4.78, 5) is 0. The third kappa shape index (κ3) is 1.60. The van der Waals surface area contributed by atoms with Gasteiger partial charge in [-0.2, -0.15) is 0 Å². The summed E-state index contributed by atoms with van der Waals surface area (Å²) in [7, 11) is 0. The fourth-order valence-corrected chi connectivity index (χ4v) is 1.49. The molecule has 0 aliphatic heterocycles. The molecule has 0 atom stereocenters. The minimum Gasteiger partial charge on any atom is -0.0918 e. The van der Waals surface area contributed by atoms with E-state index < -0.39 is 0 Å². The first-order valence-corrected chi connectivity index (χ1v) is 4.61. The largest absolute Gasteiger partial charge is 0.0918 e. The highest BCUT2D eigenvalue weighted by atomic mass is 13.9. The van der Waals surface area contributed by atoms with Crippen LogP contribution in [-0.4, -0.2) is 0 Å². The van der Waals surface area contributed by atoms with Crippen LogP contribution in [0.4, 0.5) is 0 Å². The van der Waals surface area contributed by atoms with E-state index in [1.165, 1.54) is 10.4 Å². The summed E-state index contributed by atoms with van der Waals surface area (Å²) in [6.45, 7) is 7.87. The minimum absolute atomic E-state index is 1.04. The van der Waals surface area contributed by atoms with Crippen molar-refractivity contribution in [1.82, 2.24) is 0 Å². The molecule has 0 amide bonds. The molecular formula is C14H12. The maximum absolute atomic E-state index is 4.00. The summed E-state index contributed by atoms with van der Waals surface area (Å²) in [5.41, 5.74) is 0. The molecule has 0 saturated heterocycles. The van der Waals surface area contributed by atoms with Crippen molar-refractivity contribution < 1.29 is 0 Å². The molecule has 0 fully saturated rings. The quantitative estimate of drug-likeness (QED) is 0.580. The molecule has 2 aromatic rings. The lowest BCUT2D eigenvalue weighted by Crippen LogP contribution is -2.00. The Morgan fingerprint density at radius 1 is 0.714 bits per heavy atom. The Kier molecular flexibility index (Phi) is 2.19. The molecule has 14 heavy (non-hydrogen) atoms. The smallest absolute Gasteiger partial charge is 0.0117 e. The Morgan fingerprint density at radius 3 is 2.00 bits per heavy atom. The Morgan fingerprint density at radius 2 is 1.36 bits per heavy atom. The summed E-state index contributed by atoms with van der Waals surface area (Å²) in [6.07, 6.45) is 0. The van der Waals surface area contributed by atoms with Crippen molar-refractivity contribution in [3.05, 3.63) is 69.4 Å². The molecule has 0 spiro atoms. The highest BCUT2D eigenvalue weighted by Crippen LogP contribution is 1.89. The van der Waals surface area contributed by atoms with Gasteiger partial charge in [0.15, 0.2) is 0 Å². The molecule has 68 valence electrons. The number of rotatable bonds is 0. The molecule has 0 unspecified atom stereocenters. The van der Waals surface area contributed by atoms with Crippen LogP contribution < -0.4 is 10.4 Å². The van der Waals surface area contributed by atoms with Crippen molar-refractivity contribution in [3.8, 4) is 0 Å². The van der Waals surface area contributed by atoms with Crippen molar-refractivity contribution in [2.24, 2.45) is 0 Å². The maximum atomic E-state index is 4.00. The molecule has 0 nitrogen and oxygen atoms in total. The molecule has 0 saturated carbocycles. The summed E-state index contributed by atoms with van der Waals surface area (Å²) < 4.78 is 0. The van der Waals surface area contributed by atoms with Crippen LogP contribution in [0, 0.1) is 10.4 Å². The van der Waals surface area contributed by atoms with Crippen LogP contribution in [0.1, 0.15) is 0 Å². The lowest BCUT2D eigenvalue weighted by Gasteiger charge is -1.89. The van der Waals surface area contributed by atoms with E-state index in [2.05, 4.69) is 31.4 Å². The van der Waals surface area contributed by atoms with Crippen LogP contribution in [0.3, 0.4) is 0 Å². The number of benzene rings is 2. The van der Waals surface area contributed by atoms with Crippen molar-refractivity contribution in [2.75, 3.05) is 0 Å². The Bertz CT molecular complexity index is 600. The fourth-order valence-electron chi connectivity index (χ4n) is 1.49. The van der Waals surface area contributed by atoms with Gasteiger partial charge in [0.25, 0.3) is 0 Å². The van der Waals surface area contributed by atoms with Crippen LogP contribution in [0.5, 0.6) is 0 Å². The molecule has 0 aliphatic carbocycles. The number of hydrogen-bond acceptors (Lipinski definition) is 0. The monoisotopic (exact) mass is 180 g/mol. The average Bonchev–Trinajstić information content (AvgIpc) is 2.20. The molecule has 0 aromatic heterocycles. The zero-order chi connectivity index (χ0) is 9.97. The van der Waals surface area contributed by atoms with Gasteiger partial charge in [-0.25, -0.2) is 0 Å². The predicted octanol–water partition coefficient (Wildman–Crippen LogP) is 1.79.